The van der Waals surface area contributed by atoms with Crippen LogP contribution in [-0.4, -0.2) is 95.9 Å². The summed E-state index contributed by atoms with van der Waals surface area (Å²) in [4.78, 5) is 94.7. The molecule has 3 rings (SSSR count). The van der Waals surface area contributed by atoms with Gasteiger partial charge >= 0.3 is 0 Å². The van der Waals surface area contributed by atoms with E-state index in [-0.39, 0.29) is 25.8 Å². The van der Waals surface area contributed by atoms with Crippen LogP contribution in [-0.2, 0) is 46.4 Å². The van der Waals surface area contributed by atoms with Crippen molar-refractivity contribution in [1.82, 2.24) is 37.2 Å². The van der Waals surface area contributed by atoms with Crippen molar-refractivity contribution in [3.05, 3.63) is 71.8 Å². The maximum atomic E-state index is 14.0. The van der Waals surface area contributed by atoms with Gasteiger partial charge in [-0.25, -0.2) is 0 Å². The van der Waals surface area contributed by atoms with Crippen LogP contribution in [0.3, 0.4) is 0 Å². The summed E-state index contributed by atoms with van der Waals surface area (Å²) >= 11 is 0. The molecule has 1 aliphatic heterocycles. The van der Waals surface area contributed by atoms with Crippen LogP contribution in [0.25, 0.3) is 0 Å². The van der Waals surface area contributed by atoms with E-state index in [9.17, 15) is 38.7 Å². The lowest BCUT2D eigenvalue weighted by atomic mass is 9.94. The molecule has 1 aliphatic rings. The van der Waals surface area contributed by atoms with Gasteiger partial charge in [0, 0.05) is 25.8 Å². The largest absolute Gasteiger partial charge is 0.391 e. The Bertz CT molecular complexity index is 1620. The van der Waals surface area contributed by atoms with Gasteiger partial charge in [-0.05, 0) is 42.7 Å². The van der Waals surface area contributed by atoms with E-state index < -0.39 is 96.0 Å². The Balaban J connectivity index is 1.96. The Hall–Kier alpha value is -5.31. The Morgan fingerprint density at radius 3 is 1.52 bits per heavy atom. The summed E-state index contributed by atoms with van der Waals surface area (Å²) < 4.78 is 0. The van der Waals surface area contributed by atoms with Crippen molar-refractivity contribution in [3.63, 3.8) is 0 Å². The molecule has 0 saturated carbocycles. The lowest BCUT2D eigenvalue weighted by Crippen LogP contribution is -2.62. The summed E-state index contributed by atoms with van der Waals surface area (Å²) in [5.74, 6) is -5.12. The molecular formula is C41H59N7O8. The minimum atomic E-state index is -1.37. The summed E-state index contributed by atoms with van der Waals surface area (Å²) in [7, 11) is 0. The molecule has 0 aliphatic carbocycles. The zero-order valence-electron chi connectivity index (χ0n) is 33.1. The highest BCUT2D eigenvalue weighted by Gasteiger charge is 2.36. The number of aliphatic hydroxyl groups is 1. The van der Waals surface area contributed by atoms with Gasteiger partial charge in [0.05, 0.1) is 12.6 Å². The summed E-state index contributed by atoms with van der Waals surface area (Å²) in [6, 6.07) is 12.3. The molecule has 1 fully saturated rings. The third kappa shape index (κ3) is 14.4. The van der Waals surface area contributed by atoms with Gasteiger partial charge < -0.3 is 42.3 Å². The average molecular weight is 778 g/mol. The summed E-state index contributed by atoms with van der Waals surface area (Å²) in [6.45, 7) is 8.26. The lowest BCUT2D eigenvalue weighted by Gasteiger charge is -2.31. The lowest BCUT2D eigenvalue weighted by molar-refractivity contribution is -0.137. The van der Waals surface area contributed by atoms with Gasteiger partial charge in [0.1, 0.15) is 30.2 Å². The fourth-order valence-electron chi connectivity index (χ4n) is 6.20. The summed E-state index contributed by atoms with van der Waals surface area (Å²) in [6.07, 6.45) is 0.604. The summed E-state index contributed by atoms with van der Waals surface area (Å²) in [5.41, 5.74) is 1.52. The highest BCUT2D eigenvalue weighted by Crippen LogP contribution is 2.14. The van der Waals surface area contributed by atoms with Gasteiger partial charge in [-0.3, -0.25) is 33.6 Å². The molecule has 306 valence electrons. The quantitative estimate of drug-likeness (QED) is 0.181. The molecule has 1 heterocycles. The number of nitrogens with one attached hydrogen (secondary N) is 7. The molecule has 7 amide bonds. The third-order valence-corrected chi connectivity index (χ3v) is 10.1. The maximum absolute atomic E-state index is 14.0. The van der Waals surface area contributed by atoms with Crippen LogP contribution in [0.1, 0.15) is 77.8 Å². The monoisotopic (exact) mass is 777 g/mol. The molecule has 2 aromatic carbocycles. The molecule has 0 aromatic heterocycles. The number of hydrogen-bond donors (Lipinski definition) is 8. The van der Waals surface area contributed by atoms with Crippen LogP contribution in [0.4, 0.5) is 0 Å². The summed E-state index contributed by atoms with van der Waals surface area (Å²) in [5, 5.41) is 29.4. The number of carbonyl (C=O) groups excluding carboxylic acids is 7. The fraction of sp³-hybridized carbons (Fsp3) is 0.537. The van der Waals surface area contributed by atoms with Gasteiger partial charge in [0.15, 0.2) is 0 Å². The third-order valence-electron chi connectivity index (χ3n) is 10.1. The zero-order chi connectivity index (χ0) is 41.2. The van der Waals surface area contributed by atoms with Crippen molar-refractivity contribution in [2.45, 2.75) is 116 Å². The predicted molar refractivity (Wildman–Crippen MR) is 210 cm³/mol. The Morgan fingerprint density at radius 1 is 0.554 bits per heavy atom. The zero-order valence-corrected chi connectivity index (χ0v) is 33.1. The van der Waals surface area contributed by atoms with Crippen LogP contribution in [0.5, 0.6) is 0 Å². The number of benzene rings is 2. The van der Waals surface area contributed by atoms with Crippen LogP contribution < -0.4 is 37.2 Å². The van der Waals surface area contributed by atoms with E-state index in [2.05, 4.69) is 37.2 Å². The topological polar surface area (TPSA) is 224 Å². The second-order valence-corrected chi connectivity index (χ2v) is 14.6. The molecule has 56 heavy (non-hydrogen) atoms. The molecular weight excluding hydrogens is 718 g/mol. The Labute approximate surface area is 329 Å². The number of aliphatic hydroxyl groups excluding tert-OH is 1. The molecule has 0 spiro atoms. The van der Waals surface area contributed by atoms with Crippen LogP contribution in [0, 0.1) is 11.8 Å². The van der Waals surface area contributed by atoms with Crippen LogP contribution in [0.2, 0.25) is 0 Å². The van der Waals surface area contributed by atoms with Gasteiger partial charge in [-0.15, -0.1) is 0 Å². The van der Waals surface area contributed by atoms with Gasteiger partial charge in [0.25, 0.3) is 0 Å². The van der Waals surface area contributed by atoms with E-state index in [0.29, 0.717) is 25.7 Å². The first-order valence-corrected chi connectivity index (χ1v) is 19.5. The van der Waals surface area contributed by atoms with Crippen molar-refractivity contribution in [3.8, 4) is 0 Å². The fourth-order valence-corrected chi connectivity index (χ4v) is 6.20. The number of amides is 7. The highest BCUT2D eigenvalue weighted by atomic mass is 16.3. The van der Waals surface area contributed by atoms with Crippen molar-refractivity contribution >= 4 is 41.4 Å². The second-order valence-electron chi connectivity index (χ2n) is 14.6. The highest BCUT2D eigenvalue weighted by molar-refractivity contribution is 5.97. The molecule has 15 nitrogen and oxygen atoms in total. The first-order valence-electron chi connectivity index (χ1n) is 19.5. The smallest absolute Gasteiger partial charge is 0.245 e. The molecule has 8 atom stereocenters. The maximum Gasteiger partial charge on any atom is 0.245 e. The van der Waals surface area contributed by atoms with E-state index in [1.807, 2.05) is 50.2 Å². The van der Waals surface area contributed by atoms with Gasteiger partial charge in [-0.1, -0.05) is 101 Å². The van der Waals surface area contributed by atoms with Crippen molar-refractivity contribution in [2.75, 3.05) is 13.1 Å². The molecule has 0 bridgehead atoms. The molecule has 2 aromatic rings. The Morgan fingerprint density at radius 2 is 1.02 bits per heavy atom. The Kier molecular flexibility index (Phi) is 18.5. The van der Waals surface area contributed by atoms with Crippen LogP contribution in [0.15, 0.2) is 60.7 Å². The molecule has 3 unspecified atom stereocenters. The minimum absolute atomic E-state index is 0.0114. The van der Waals surface area contributed by atoms with Crippen molar-refractivity contribution < 1.29 is 38.7 Å². The molecule has 8 N–H and O–H groups in total. The van der Waals surface area contributed by atoms with E-state index in [4.69, 9.17) is 0 Å². The van der Waals surface area contributed by atoms with E-state index in [1.54, 1.807) is 38.1 Å². The van der Waals surface area contributed by atoms with E-state index >= 15 is 0 Å². The van der Waals surface area contributed by atoms with Crippen molar-refractivity contribution in [2.24, 2.45) is 11.8 Å². The second kappa shape index (κ2) is 22.9. The molecule has 1 saturated heterocycles. The number of rotatable bonds is 9. The standard InChI is InChI=1S/C41H59N7O8/c1-6-25(3)34-39(54)45-31(23-29-18-12-9-13-19-29)38(53)43-24-33(51)44-30(22-28-16-10-8-11-17-28)37(52)42-21-15-14-20-32(50)46-36(27(5)49)41(56)48-35(26(4)7-2)40(55)47-34/h8-13,16-19,25-27,30-31,34-36,49H,6-7,14-15,20-24H2,1-5H3,(H,42,52)(H,43,53)(H,44,51)(H,45,54)(H,46,50)(H,47,55)(H,48,56)/t25?,26?,27?,30-,31-,34+,35-,36-/m0/s1. The normalized spacial score (nSPS) is 24.7. The first-order chi connectivity index (χ1) is 26.7. The predicted octanol–water partition coefficient (Wildman–Crippen LogP) is 0.785. The molecule has 15 heteroatoms. The van der Waals surface area contributed by atoms with E-state index in [0.717, 1.165) is 11.1 Å². The molecule has 0 radical (unpaired) electrons. The van der Waals surface area contributed by atoms with Crippen LogP contribution >= 0.6 is 0 Å². The number of hydrogen-bond acceptors (Lipinski definition) is 8. The first kappa shape index (κ1) is 45.1. The van der Waals surface area contributed by atoms with E-state index in [1.165, 1.54) is 6.92 Å². The number of carbonyl (C=O) groups is 7. The SMILES string of the molecule is CCC(C)[C@@H]1NC(=O)[C@H](C(C)O)NC(=O)CCCCNC(=O)[C@H](Cc2ccccc2)NC(=O)CNC(=O)[C@H](Cc2ccccc2)NC(=O)[C@@H](C(C)CC)NC1=O. The van der Waals surface area contributed by atoms with Gasteiger partial charge in [-0.2, -0.15) is 0 Å². The van der Waals surface area contributed by atoms with Crippen molar-refractivity contribution in [1.29, 1.82) is 0 Å². The van der Waals surface area contributed by atoms with Gasteiger partial charge in [0.2, 0.25) is 41.4 Å². The average Bonchev–Trinajstić information content (AvgIpc) is 3.18. The minimum Gasteiger partial charge on any atom is -0.391 e.